The maximum Gasteiger partial charge on any atom is 0.262 e. The third-order valence-electron chi connectivity index (χ3n) is 10.4. The van der Waals surface area contributed by atoms with E-state index in [9.17, 15) is 19.8 Å². The number of fused-ring (bicyclic) bond motifs is 1. The van der Waals surface area contributed by atoms with Crippen LogP contribution in [-0.2, 0) is 32.6 Å². The number of carbonyl (C=O) groups excluding carboxylic acids is 2. The van der Waals surface area contributed by atoms with Crippen LogP contribution in [0.15, 0.2) is 60.7 Å². The molecule has 10 nitrogen and oxygen atoms in total. The van der Waals surface area contributed by atoms with Crippen molar-refractivity contribution in [3.05, 3.63) is 82.9 Å². The van der Waals surface area contributed by atoms with Crippen LogP contribution in [0.5, 0.6) is 17.2 Å². The average Bonchev–Trinajstić information content (AvgIpc) is 3.14. The molecule has 0 saturated carbocycles. The summed E-state index contributed by atoms with van der Waals surface area (Å²) in [4.78, 5) is 29.3. The maximum atomic E-state index is 13.3. The van der Waals surface area contributed by atoms with E-state index in [2.05, 4.69) is 66.6 Å². The fourth-order valence-corrected chi connectivity index (χ4v) is 7.21. The number of likely N-dealkylation sites (tertiary alicyclic amines) is 1. The molecule has 1 unspecified atom stereocenters. The topological polar surface area (TPSA) is 124 Å². The molecule has 0 bridgehead atoms. The van der Waals surface area contributed by atoms with Gasteiger partial charge in [0.1, 0.15) is 17.2 Å². The Kier molecular flexibility index (Phi) is 13.1. The molecule has 3 aromatic carbocycles. The minimum absolute atomic E-state index is 0.0129. The van der Waals surface area contributed by atoms with E-state index in [1.807, 2.05) is 23.1 Å². The quantitative estimate of drug-likeness (QED) is 0.112. The van der Waals surface area contributed by atoms with Gasteiger partial charge in [-0.15, -0.1) is 0 Å². The summed E-state index contributed by atoms with van der Waals surface area (Å²) >= 11 is 0. The van der Waals surface area contributed by atoms with Crippen LogP contribution in [0.25, 0.3) is 0 Å². The monoisotopic (exact) mass is 686 g/mol. The van der Waals surface area contributed by atoms with Gasteiger partial charge in [0.05, 0.1) is 19.6 Å². The zero-order chi connectivity index (χ0) is 35.5. The van der Waals surface area contributed by atoms with Crippen molar-refractivity contribution in [2.24, 2.45) is 0 Å². The zero-order valence-electron chi connectivity index (χ0n) is 29.9. The van der Waals surface area contributed by atoms with E-state index in [-0.39, 0.29) is 35.6 Å². The molecule has 2 heterocycles. The summed E-state index contributed by atoms with van der Waals surface area (Å²) in [6.07, 6.45) is 4.45. The predicted octanol–water partition coefficient (Wildman–Crippen LogP) is 5.24. The smallest absolute Gasteiger partial charge is 0.262 e. The van der Waals surface area contributed by atoms with Crippen molar-refractivity contribution in [2.75, 3.05) is 64.4 Å². The molecule has 0 spiro atoms. The van der Waals surface area contributed by atoms with E-state index in [1.54, 1.807) is 12.1 Å². The van der Waals surface area contributed by atoms with E-state index in [0.717, 1.165) is 55.6 Å². The highest BCUT2D eigenvalue weighted by Gasteiger charge is 2.39. The molecule has 5 rings (SSSR count). The first-order valence-corrected chi connectivity index (χ1v) is 18.2. The van der Waals surface area contributed by atoms with Gasteiger partial charge >= 0.3 is 0 Å². The van der Waals surface area contributed by atoms with Crippen molar-refractivity contribution in [3.63, 3.8) is 0 Å². The molecule has 1 saturated heterocycles. The third-order valence-corrected chi connectivity index (χ3v) is 10.4. The Morgan fingerprint density at radius 1 is 1.02 bits per heavy atom. The molecular formula is C40H54N4O6. The second-order valence-electron chi connectivity index (χ2n) is 13.5. The summed E-state index contributed by atoms with van der Waals surface area (Å²) in [7, 11) is 0. The largest absolute Gasteiger partial charge is 0.508 e. The van der Waals surface area contributed by atoms with E-state index in [4.69, 9.17) is 9.47 Å². The fraction of sp³-hybridized carbons (Fsp3) is 0.500. The van der Waals surface area contributed by atoms with Crippen molar-refractivity contribution in [2.45, 2.75) is 70.8 Å². The van der Waals surface area contributed by atoms with Gasteiger partial charge in [-0.2, -0.15) is 0 Å². The number of carbonyl (C=O) groups is 2. The van der Waals surface area contributed by atoms with E-state index >= 15 is 0 Å². The van der Waals surface area contributed by atoms with Crippen LogP contribution in [0.1, 0.15) is 68.7 Å². The first-order chi connectivity index (χ1) is 24.3. The van der Waals surface area contributed by atoms with Crippen LogP contribution in [-0.4, -0.2) is 97.0 Å². The number of phenols is 2. The lowest BCUT2D eigenvalue weighted by atomic mass is 9.67. The fourth-order valence-electron chi connectivity index (χ4n) is 7.21. The highest BCUT2D eigenvalue weighted by Crippen LogP contribution is 2.45. The van der Waals surface area contributed by atoms with Gasteiger partial charge in [0.25, 0.3) is 5.91 Å². The summed E-state index contributed by atoms with van der Waals surface area (Å²) in [6, 6.07) is 20.0. The lowest BCUT2D eigenvalue weighted by molar-refractivity contribution is -0.134. The molecular weight excluding hydrogens is 632 g/mol. The molecule has 0 aromatic heterocycles. The number of aromatic hydroxyl groups is 2. The molecule has 1 atom stereocenters. The summed E-state index contributed by atoms with van der Waals surface area (Å²) < 4.78 is 11.6. The molecule has 2 aliphatic rings. The van der Waals surface area contributed by atoms with E-state index in [0.29, 0.717) is 69.3 Å². The first kappa shape index (κ1) is 37.1. The molecule has 3 aromatic rings. The third kappa shape index (κ3) is 8.96. The lowest BCUT2D eigenvalue weighted by Gasteiger charge is -2.43. The molecule has 2 amide bonds. The lowest BCUT2D eigenvalue weighted by Crippen LogP contribution is -2.43. The van der Waals surface area contributed by atoms with Gasteiger partial charge in [0.2, 0.25) is 5.91 Å². The number of benzene rings is 3. The number of amides is 2. The van der Waals surface area contributed by atoms with Crippen LogP contribution >= 0.6 is 0 Å². The molecule has 0 aliphatic carbocycles. The van der Waals surface area contributed by atoms with Gasteiger partial charge < -0.3 is 40.1 Å². The summed E-state index contributed by atoms with van der Waals surface area (Å²) in [5, 5.41) is 27.3. The van der Waals surface area contributed by atoms with Crippen LogP contribution in [0.3, 0.4) is 0 Å². The van der Waals surface area contributed by atoms with Gasteiger partial charge in [-0.25, -0.2) is 0 Å². The van der Waals surface area contributed by atoms with Crippen LogP contribution in [0, 0.1) is 0 Å². The molecule has 2 aliphatic heterocycles. The van der Waals surface area contributed by atoms with Crippen molar-refractivity contribution < 1.29 is 29.3 Å². The number of nitrogens with zero attached hydrogens (tertiary/aromatic N) is 2. The number of phenolic OH excluding ortho intramolecular Hbond substituents is 2. The summed E-state index contributed by atoms with van der Waals surface area (Å²) in [5.41, 5.74) is 4.35. The maximum absolute atomic E-state index is 13.3. The number of hydrogen-bond acceptors (Lipinski definition) is 8. The Labute approximate surface area is 296 Å². The molecule has 50 heavy (non-hydrogen) atoms. The Bertz CT molecular complexity index is 1570. The van der Waals surface area contributed by atoms with Crippen LogP contribution in [0.4, 0.5) is 5.69 Å². The Balaban J connectivity index is 1.09. The molecule has 4 N–H and O–H groups in total. The number of nitrogens with one attached hydrogen (secondary N) is 2. The van der Waals surface area contributed by atoms with Gasteiger partial charge in [0, 0.05) is 30.1 Å². The van der Waals surface area contributed by atoms with Crippen molar-refractivity contribution in [1.82, 2.24) is 15.1 Å². The van der Waals surface area contributed by atoms with Crippen LogP contribution in [0.2, 0.25) is 0 Å². The van der Waals surface area contributed by atoms with Crippen LogP contribution < -0.4 is 15.4 Å². The number of rotatable bonds is 17. The van der Waals surface area contributed by atoms with Gasteiger partial charge in [0.15, 0.2) is 12.4 Å². The van der Waals surface area contributed by atoms with Gasteiger partial charge in [-0.05, 0) is 94.0 Å². The van der Waals surface area contributed by atoms with Gasteiger partial charge in [-0.1, -0.05) is 62.4 Å². The Hall–Kier alpha value is -4.12. The zero-order valence-corrected chi connectivity index (χ0v) is 29.9. The Morgan fingerprint density at radius 2 is 1.78 bits per heavy atom. The van der Waals surface area contributed by atoms with Crippen molar-refractivity contribution in [3.8, 4) is 17.2 Å². The summed E-state index contributed by atoms with van der Waals surface area (Å²) in [6.45, 7) is 12.0. The number of anilines is 1. The second-order valence-corrected chi connectivity index (χ2v) is 13.5. The standard InChI is InChI=1S/C40H54N4O6/c1-4-29(3)44(24-21-41-20-15-31-12-14-35(46)38-39(31)50-28-36(47)42-38)37(48)17-26-49-25-16-30-11-13-34(45)33(27-30)40(32-9-7-6-8-10-32)18-22-43(5-2)23-19-40/h6-14,27,29,41,45-46H,4-5,15-26,28H2,1-3H3,(H,42,47). The molecule has 1 fully saturated rings. The molecule has 0 radical (unpaired) electrons. The second kappa shape index (κ2) is 17.7. The van der Waals surface area contributed by atoms with Crippen molar-refractivity contribution >= 4 is 17.5 Å². The van der Waals surface area contributed by atoms with Gasteiger partial charge in [-0.3, -0.25) is 9.59 Å². The Morgan fingerprint density at radius 3 is 2.52 bits per heavy atom. The van der Waals surface area contributed by atoms with E-state index < -0.39 is 0 Å². The summed E-state index contributed by atoms with van der Waals surface area (Å²) in [5.74, 6) is 0.633. The average molecular weight is 687 g/mol. The number of hydrogen-bond donors (Lipinski definition) is 4. The SMILES string of the molecule is CCC(C)N(CCNCCc1ccc(O)c2c1OCC(=O)N2)C(=O)CCOCCc1ccc(O)c(C2(c3ccccc3)CCN(CC)CC2)c1. The first-order valence-electron chi connectivity index (χ1n) is 18.2. The highest BCUT2D eigenvalue weighted by atomic mass is 16.5. The van der Waals surface area contributed by atoms with Crippen molar-refractivity contribution in [1.29, 1.82) is 0 Å². The minimum atomic E-state index is -0.287. The minimum Gasteiger partial charge on any atom is -0.508 e. The predicted molar refractivity (Wildman–Crippen MR) is 196 cm³/mol. The molecule has 270 valence electrons. The highest BCUT2D eigenvalue weighted by molar-refractivity contribution is 5.97. The van der Waals surface area contributed by atoms with E-state index in [1.165, 1.54) is 5.56 Å². The number of ether oxygens (including phenoxy) is 2. The number of piperidine rings is 1. The molecule has 10 heteroatoms. The normalized spacial score (nSPS) is 16.3.